The second-order valence-corrected chi connectivity index (χ2v) is 5.60. The monoisotopic (exact) mass is 275 g/mol. The minimum Gasteiger partial charge on any atom is -0.385 e. The fourth-order valence-corrected chi connectivity index (χ4v) is 2.14. The van der Waals surface area contributed by atoms with Crippen LogP contribution in [0.2, 0.25) is 10.0 Å². The molecule has 0 aliphatic rings. The lowest BCUT2D eigenvalue weighted by molar-refractivity contribution is 0.0476. The molecule has 1 atom stereocenters. The Hall–Kier alpha value is -0.280. The molecular weight excluding hydrogens is 257 g/mol. The molecule has 1 aromatic carbocycles. The third-order valence-corrected chi connectivity index (χ3v) is 3.24. The molecule has 1 unspecified atom stereocenters. The smallest absolute Gasteiger partial charge is 0.0895 e. The van der Waals surface area contributed by atoms with E-state index in [4.69, 9.17) is 23.2 Å². The molecule has 0 aliphatic carbocycles. The van der Waals surface area contributed by atoms with E-state index in [0.29, 0.717) is 28.1 Å². The molecule has 4 heteroatoms. The molecule has 0 aliphatic heterocycles. The number of benzene rings is 1. The van der Waals surface area contributed by atoms with Crippen LogP contribution < -0.4 is 5.32 Å². The van der Waals surface area contributed by atoms with Gasteiger partial charge in [0, 0.05) is 21.7 Å². The molecule has 0 bridgehead atoms. The predicted octanol–water partition coefficient (Wildman–Crippen LogP) is 3.59. The number of halogens is 2. The van der Waals surface area contributed by atoms with Crippen molar-refractivity contribution in [3.8, 4) is 0 Å². The first-order valence-corrected chi connectivity index (χ1v) is 6.50. The SMILES string of the molecule is CC(C)NCCC(C)(O)c1cc(Cl)ccc1Cl. The number of hydrogen-bond donors (Lipinski definition) is 2. The standard InChI is InChI=1S/C13H19Cl2NO/c1-9(2)16-7-6-13(3,17)11-8-10(14)4-5-12(11)15/h4-5,8-9,16-17H,6-7H2,1-3H3. The molecular formula is C13H19Cl2NO. The van der Waals surface area contributed by atoms with Crippen LogP contribution in [0.25, 0.3) is 0 Å². The van der Waals surface area contributed by atoms with Crippen LogP contribution in [0.4, 0.5) is 0 Å². The van der Waals surface area contributed by atoms with Crippen molar-refractivity contribution in [1.29, 1.82) is 0 Å². The van der Waals surface area contributed by atoms with Gasteiger partial charge in [-0.25, -0.2) is 0 Å². The van der Waals surface area contributed by atoms with E-state index in [1.165, 1.54) is 0 Å². The average Bonchev–Trinajstić information content (AvgIpc) is 2.20. The normalized spacial score (nSPS) is 15.0. The number of hydrogen-bond acceptors (Lipinski definition) is 2. The van der Waals surface area contributed by atoms with Gasteiger partial charge in [-0.1, -0.05) is 37.0 Å². The summed E-state index contributed by atoms with van der Waals surface area (Å²) < 4.78 is 0. The molecule has 2 nitrogen and oxygen atoms in total. The number of rotatable bonds is 5. The van der Waals surface area contributed by atoms with Gasteiger partial charge in [-0.05, 0) is 38.1 Å². The van der Waals surface area contributed by atoms with Crippen molar-refractivity contribution in [3.63, 3.8) is 0 Å². The summed E-state index contributed by atoms with van der Waals surface area (Å²) in [4.78, 5) is 0. The van der Waals surface area contributed by atoms with Gasteiger partial charge >= 0.3 is 0 Å². The van der Waals surface area contributed by atoms with E-state index in [1.54, 1.807) is 25.1 Å². The summed E-state index contributed by atoms with van der Waals surface area (Å²) in [6.07, 6.45) is 0.589. The maximum Gasteiger partial charge on any atom is 0.0895 e. The summed E-state index contributed by atoms with van der Waals surface area (Å²) in [5.41, 5.74) is -0.290. The van der Waals surface area contributed by atoms with Crippen molar-refractivity contribution >= 4 is 23.2 Å². The highest BCUT2D eigenvalue weighted by Gasteiger charge is 2.25. The van der Waals surface area contributed by atoms with Gasteiger partial charge < -0.3 is 10.4 Å². The Kier molecular flexibility index (Phi) is 5.26. The zero-order chi connectivity index (χ0) is 13.1. The topological polar surface area (TPSA) is 32.3 Å². The van der Waals surface area contributed by atoms with Crippen molar-refractivity contribution in [2.75, 3.05) is 6.54 Å². The van der Waals surface area contributed by atoms with Gasteiger partial charge in [0.25, 0.3) is 0 Å². The van der Waals surface area contributed by atoms with E-state index in [0.717, 1.165) is 6.54 Å². The molecule has 0 saturated heterocycles. The van der Waals surface area contributed by atoms with Crippen LogP contribution in [0.1, 0.15) is 32.8 Å². The largest absolute Gasteiger partial charge is 0.385 e. The lowest BCUT2D eigenvalue weighted by Gasteiger charge is -2.26. The van der Waals surface area contributed by atoms with E-state index in [1.807, 2.05) is 0 Å². The van der Waals surface area contributed by atoms with Gasteiger partial charge in [0.1, 0.15) is 0 Å². The van der Waals surface area contributed by atoms with Crippen LogP contribution in [-0.2, 0) is 5.60 Å². The zero-order valence-electron chi connectivity index (χ0n) is 10.4. The lowest BCUT2D eigenvalue weighted by atomic mass is 9.92. The van der Waals surface area contributed by atoms with Crippen LogP contribution in [-0.4, -0.2) is 17.7 Å². The van der Waals surface area contributed by atoms with Gasteiger partial charge in [0.2, 0.25) is 0 Å². The molecule has 1 aromatic rings. The second kappa shape index (κ2) is 6.05. The Bertz CT molecular complexity index is 378. The fourth-order valence-electron chi connectivity index (χ4n) is 1.65. The van der Waals surface area contributed by atoms with Crippen LogP contribution in [0, 0.1) is 0 Å². The summed E-state index contributed by atoms with van der Waals surface area (Å²) >= 11 is 12.0. The van der Waals surface area contributed by atoms with Crippen LogP contribution in [0.3, 0.4) is 0 Å². The van der Waals surface area contributed by atoms with Crippen molar-refractivity contribution in [1.82, 2.24) is 5.32 Å². The first-order chi connectivity index (χ1) is 7.83. The van der Waals surface area contributed by atoms with Crippen molar-refractivity contribution in [2.45, 2.75) is 38.8 Å². The van der Waals surface area contributed by atoms with E-state index in [2.05, 4.69) is 19.2 Å². The van der Waals surface area contributed by atoms with Gasteiger partial charge in [0.15, 0.2) is 0 Å². The summed E-state index contributed by atoms with van der Waals surface area (Å²) in [7, 11) is 0. The average molecular weight is 276 g/mol. The van der Waals surface area contributed by atoms with E-state index in [9.17, 15) is 5.11 Å². The minimum absolute atomic E-state index is 0.403. The third-order valence-electron chi connectivity index (χ3n) is 2.67. The molecule has 0 radical (unpaired) electrons. The Balaban J connectivity index is 2.77. The van der Waals surface area contributed by atoms with Gasteiger partial charge in [-0.15, -0.1) is 0 Å². The molecule has 0 spiro atoms. The molecule has 0 saturated carbocycles. The van der Waals surface area contributed by atoms with Crippen molar-refractivity contribution in [2.24, 2.45) is 0 Å². The maximum atomic E-state index is 10.4. The highest BCUT2D eigenvalue weighted by atomic mass is 35.5. The van der Waals surface area contributed by atoms with E-state index in [-0.39, 0.29) is 0 Å². The fraction of sp³-hybridized carbons (Fsp3) is 0.538. The Labute approximate surface area is 113 Å². The lowest BCUT2D eigenvalue weighted by Crippen LogP contribution is -2.31. The molecule has 0 aromatic heterocycles. The summed E-state index contributed by atoms with van der Waals surface area (Å²) in [6, 6.07) is 5.55. The van der Waals surface area contributed by atoms with Gasteiger partial charge in [0.05, 0.1) is 5.60 Å². The molecule has 17 heavy (non-hydrogen) atoms. The Morgan fingerprint density at radius 3 is 2.59 bits per heavy atom. The third kappa shape index (κ3) is 4.47. The molecule has 0 fully saturated rings. The van der Waals surface area contributed by atoms with Crippen molar-refractivity contribution in [3.05, 3.63) is 33.8 Å². The number of aliphatic hydroxyl groups is 1. The van der Waals surface area contributed by atoms with Crippen LogP contribution >= 0.6 is 23.2 Å². The quantitative estimate of drug-likeness (QED) is 0.861. The Morgan fingerprint density at radius 1 is 1.35 bits per heavy atom. The Morgan fingerprint density at radius 2 is 2.00 bits per heavy atom. The molecule has 96 valence electrons. The van der Waals surface area contributed by atoms with Crippen LogP contribution in [0.5, 0.6) is 0 Å². The molecule has 1 rings (SSSR count). The van der Waals surface area contributed by atoms with Crippen LogP contribution in [0.15, 0.2) is 18.2 Å². The van der Waals surface area contributed by atoms with Gasteiger partial charge in [-0.2, -0.15) is 0 Å². The molecule has 0 amide bonds. The summed E-state index contributed by atoms with van der Waals surface area (Å²) in [5, 5.41) is 14.8. The van der Waals surface area contributed by atoms with E-state index >= 15 is 0 Å². The second-order valence-electron chi connectivity index (χ2n) is 4.76. The maximum absolute atomic E-state index is 10.4. The first kappa shape index (κ1) is 14.8. The minimum atomic E-state index is -0.968. The predicted molar refractivity (Wildman–Crippen MR) is 73.8 cm³/mol. The highest BCUT2D eigenvalue weighted by molar-refractivity contribution is 6.33. The molecule has 2 N–H and O–H groups in total. The summed E-state index contributed by atoms with van der Waals surface area (Å²) in [6.45, 7) is 6.63. The van der Waals surface area contributed by atoms with E-state index < -0.39 is 5.60 Å². The zero-order valence-corrected chi connectivity index (χ0v) is 11.9. The summed E-state index contributed by atoms with van der Waals surface area (Å²) in [5.74, 6) is 0. The number of nitrogens with one attached hydrogen (secondary N) is 1. The van der Waals surface area contributed by atoms with Crippen molar-refractivity contribution < 1.29 is 5.11 Å². The van der Waals surface area contributed by atoms with Gasteiger partial charge in [-0.3, -0.25) is 0 Å². The molecule has 0 heterocycles. The first-order valence-electron chi connectivity index (χ1n) is 5.74. The highest BCUT2D eigenvalue weighted by Crippen LogP contribution is 2.32.